The summed E-state index contributed by atoms with van der Waals surface area (Å²) in [6.45, 7) is 8.22. The van der Waals surface area contributed by atoms with Crippen LogP contribution >= 0.6 is 15.9 Å². The van der Waals surface area contributed by atoms with Crippen LogP contribution in [-0.4, -0.2) is 21.9 Å². The van der Waals surface area contributed by atoms with Crippen LogP contribution in [-0.2, 0) is 0 Å². The Bertz CT molecular complexity index is 448. The predicted octanol–water partition coefficient (Wildman–Crippen LogP) is 1.74. The number of nitrogens with zero attached hydrogens (tertiary/aromatic N) is 2. The van der Waals surface area contributed by atoms with Gasteiger partial charge in [-0.2, -0.15) is 5.10 Å². The Morgan fingerprint density at radius 2 is 2.18 bits per heavy atom. The van der Waals surface area contributed by atoms with Crippen LogP contribution in [0, 0.1) is 0 Å². The molecule has 6 heteroatoms. The second-order valence-electron chi connectivity index (χ2n) is 5.06. The predicted molar refractivity (Wildman–Crippen MR) is 73.3 cm³/mol. The first-order valence-corrected chi connectivity index (χ1v) is 6.32. The zero-order valence-corrected chi connectivity index (χ0v) is 12.2. The molecule has 0 radical (unpaired) electrons. The molecule has 5 nitrogen and oxygen atoms in total. The van der Waals surface area contributed by atoms with E-state index in [1.807, 2.05) is 27.7 Å². The summed E-state index contributed by atoms with van der Waals surface area (Å²) >= 11 is 3.29. The van der Waals surface area contributed by atoms with E-state index in [1.54, 1.807) is 6.20 Å². The van der Waals surface area contributed by atoms with E-state index >= 15 is 0 Å². The Balaban J connectivity index is 2.98. The van der Waals surface area contributed by atoms with Crippen molar-refractivity contribution in [2.75, 3.05) is 11.9 Å². The van der Waals surface area contributed by atoms with Gasteiger partial charge < -0.3 is 11.1 Å². The van der Waals surface area contributed by atoms with Gasteiger partial charge in [0.2, 0.25) is 0 Å². The van der Waals surface area contributed by atoms with E-state index in [1.165, 1.54) is 4.68 Å². The Morgan fingerprint density at radius 1 is 1.59 bits per heavy atom. The SMILES string of the molecule is CC(C)n1ncc(NCC(C)(C)N)c(Br)c1=O. The summed E-state index contributed by atoms with van der Waals surface area (Å²) in [4.78, 5) is 11.9. The molecular formula is C11H19BrN4O. The molecule has 0 amide bonds. The minimum absolute atomic E-state index is 0.0406. The zero-order valence-electron chi connectivity index (χ0n) is 10.6. The number of aromatic nitrogens is 2. The quantitative estimate of drug-likeness (QED) is 0.888. The van der Waals surface area contributed by atoms with Crippen molar-refractivity contribution in [1.82, 2.24) is 9.78 Å². The highest BCUT2D eigenvalue weighted by Crippen LogP contribution is 2.17. The first kappa shape index (κ1) is 14.2. The smallest absolute Gasteiger partial charge is 0.283 e. The summed E-state index contributed by atoms with van der Waals surface area (Å²) in [6, 6.07) is 0.0406. The molecule has 0 saturated heterocycles. The monoisotopic (exact) mass is 302 g/mol. The molecule has 1 rings (SSSR count). The number of nitrogens with one attached hydrogen (secondary N) is 1. The second kappa shape index (κ2) is 5.18. The number of hydrogen-bond acceptors (Lipinski definition) is 4. The van der Waals surface area contributed by atoms with E-state index < -0.39 is 0 Å². The molecule has 1 aromatic rings. The Kier molecular flexibility index (Phi) is 4.32. The molecular weight excluding hydrogens is 284 g/mol. The van der Waals surface area contributed by atoms with Crippen molar-refractivity contribution in [2.45, 2.75) is 39.3 Å². The normalized spacial score (nSPS) is 11.9. The maximum absolute atomic E-state index is 11.9. The summed E-state index contributed by atoms with van der Waals surface area (Å²) in [5.74, 6) is 0. The van der Waals surface area contributed by atoms with Crippen LogP contribution in [0.25, 0.3) is 0 Å². The van der Waals surface area contributed by atoms with Crippen molar-refractivity contribution < 1.29 is 0 Å². The molecule has 0 spiro atoms. The second-order valence-corrected chi connectivity index (χ2v) is 5.85. The third-order valence-corrected chi connectivity index (χ3v) is 2.93. The molecule has 3 N–H and O–H groups in total. The average Bonchev–Trinajstić information content (AvgIpc) is 2.18. The number of nitrogens with two attached hydrogens (primary N) is 1. The lowest BCUT2D eigenvalue weighted by atomic mass is 10.1. The number of halogens is 1. The molecule has 17 heavy (non-hydrogen) atoms. The molecule has 0 aliphatic rings. The summed E-state index contributed by atoms with van der Waals surface area (Å²) in [5, 5.41) is 7.22. The minimum atomic E-state index is -0.341. The van der Waals surface area contributed by atoms with Crippen LogP contribution in [0.5, 0.6) is 0 Å². The highest BCUT2D eigenvalue weighted by atomic mass is 79.9. The number of hydrogen-bond donors (Lipinski definition) is 2. The van der Waals surface area contributed by atoms with Gasteiger partial charge in [-0.25, -0.2) is 4.68 Å². The van der Waals surface area contributed by atoms with Gasteiger partial charge in [0.1, 0.15) is 4.47 Å². The van der Waals surface area contributed by atoms with Gasteiger partial charge in [0.15, 0.2) is 0 Å². The van der Waals surface area contributed by atoms with Gasteiger partial charge in [-0.15, -0.1) is 0 Å². The van der Waals surface area contributed by atoms with Gasteiger partial charge in [-0.3, -0.25) is 4.79 Å². The first-order chi connectivity index (χ1) is 7.72. The summed E-state index contributed by atoms with van der Waals surface area (Å²) < 4.78 is 1.92. The summed E-state index contributed by atoms with van der Waals surface area (Å²) in [5.41, 5.74) is 6.06. The molecule has 0 atom stereocenters. The van der Waals surface area contributed by atoms with E-state index in [9.17, 15) is 4.79 Å². The summed E-state index contributed by atoms with van der Waals surface area (Å²) in [6.07, 6.45) is 1.64. The lowest BCUT2D eigenvalue weighted by molar-refractivity contribution is 0.500. The first-order valence-electron chi connectivity index (χ1n) is 5.52. The number of anilines is 1. The van der Waals surface area contributed by atoms with Crippen LogP contribution in [0.15, 0.2) is 15.5 Å². The van der Waals surface area contributed by atoms with Gasteiger partial charge in [0.05, 0.1) is 17.9 Å². The van der Waals surface area contributed by atoms with Gasteiger partial charge in [0.25, 0.3) is 5.56 Å². The summed E-state index contributed by atoms with van der Waals surface area (Å²) in [7, 11) is 0. The Morgan fingerprint density at radius 3 is 2.65 bits per heavy atom. The standard InChI is InChI=1S/C11H19BrN4O/c1-7(2)16-10(17)9(12)8(5-15-16)14-6-11(3,4)13/h5,7,14H,6,13H2,1-4H3. The molecule has 1 aromatic heterocycles. The third-order valence-electron chi connectivity index (χ3n) is 2.17. The highest BCUT2D eigenvalue weighted by Gasteiger charge is 2.14. The van der Waals surface area contributed by atoms with Crippen molar-refractivity contribution in [1.29, 1.82) is 0 Å². The van der Waals surface area contributed by atoms with Gasteiger partial charge in [-0.1, -0.05) is 0 Å². The average molecular weight is 303 g/mol. The van der Waals surface area contributed by atoms with Crippen LogP contribution in [0.3, 0.4) is 0 Å². The molecule has 0 aliphatic heterocycles. The van der Waals surface area contributed by atoms with Crippen LogP contribution < -0.4 is 16.6 Å². The largest absolute Gasteiger partial charge is 0.381 e. The van der Waals surface area contributed by atoms with Crippen molar-refractivity contribution in [3.63, 3.8) is 0 Å². The van der Waals surface area contributed by atoms with E-state index in [-0.39, 0.29) is 17.1 Å². The molecule has 0 aliphatic carbocycles. The van der Waals surface area contributed by atoms with Gasteiger partial charge >= 0.3 is 0 Å². The molecule has 1 heterocycles. The molecule has 0 fully saturated rings. The maximum Gasteiger partial charge on any atom is 0.283 e. The topological polar surface area (TPSA) is 72.9 Å². The van der Waals surface area contributed by atoms with Gasteiger partial charge in [-0.05, 0) is 43.6 Å². The van der Waals surface area contributed by atoms with E-state index in [0.29, 0.717) is 16.7 Å². The lowest BCUT2D eigenvalue weighted by Crippen LogP contribution is -2.40. The zero-order chi connectivity index (χ0) is 13.2. The highest BCUT2D eigenvalue weighted by molar-refractivity contribution is 9.10. The molecule has 96 valence electrons. The molecule has 0 bridgehead atoms. The van der Waals surface area contributed by atoms with Crippen molar-refractivity contribution in [3.05, 3.63) is 21.0 Å². The van der Waals surface area contributed by atoms with Crippen LogP contribution in [0.4, 0.5) is 5.69 Å². The van der Waals surface area contributed by atoms with E-state index in [4.69, 9.17) is 5.73 Å². The van der Waals surface area contributed by atoms with Crippen molar-refractivity contribution in [2.24, 2.45) is 5.73 Å². The minimum Gasteiger partial charge on any atom is -0.381 e. The third kappa shape index (κ3) is 3.81. The molecule has 0 aromatic carbocycles. The Labute approximate surface area is 110 Å². The van der Waals surface area contributed by atoms with Crippen molar-refractivity contribution >= 4 is 21.6 Å². The van der Waals surface area contributed by atoms with E-state index in [2.05, 4.69) is 26.3 Å². The Hall–Kier alpha value is -0.880. The fourth-order valence-electron chi connectivity index (χ4n) is 1.26. The fourth-order valence-corrected chi connectivity index (χ4v) is 1.68. The lowest BCUT2D eigenvalue weighted by Gasteiger charge is -2.20. The van der Waals surface area contributed by atoms with Crippen LogP contribution in [0.2, 0.25) is 0 Å². The van der Waals surface area contributed by atoms with Crippen LogP contribution in [0.1, 0.15) is 33.7 Å². The molecule has 0 unspecified atom stereocenters. The fraction of sp³-hybridized carbons (Fsp3) is 0.636. The maximum atomic E-state index is 11.9. The van der Waals surface area contributed by atoms with E-state index in [0.717, 1.165) is 0 Å². The van der Waals surface area contributed by atoms with Gasteiger partial charge in [0, 0.05) is 12.1 Å². The number of rotatable bonds is 4. The van der Waals surface area contributed by atoms with Crippen molar-refractivity contribution in [3.8, 4) is 0 Å². The molecule has 0 saturated carbocycles.